The van der Waals surface area contributed by atoms with Crippen LogP contribution in [0.1, 0.15) is 11.4 Å². The maximum Gasteiger partial charge on any atom is 0.309 e. The molecule has 7 nitrogen and oxygen atoms in total. The molecule has 0 atom stereocenters. The number of carboxylic acid groups (broad SMARTS) is 1. The van der Waals surface area contributed by atoms with E-state index in [0.29, 0.717) is 27.7 Å². The molecule has 0 unspecified atom stereocenters. The summed E-state index contributed by atoms with van der Waals surface area (Å²) in [6.45, 7) is 1.79. The average molecular weight is 369 g/mol. The fourth-order valence-electron chi connectivity index (χ4n) is 2.78. The molecule has 0 radical (unpaired) electrons. The van der Waals surface area contributed by atoms with Crippen LogP contribution in [0.5, 0.6) is 0 Å². The van der Waals surface area contributed by atoms with Gasteiger partial charge in [-0.05, 0) is 49.4 Å². The van der Waals surface area contributed by atoms with Gasteiger partial charge < -0.3 is 9.63 Å². The first-order valence-corrected chi connectivity index (χ1v) is 8.19. The fraction of sp³-hybridized carbons (Fsp3) is 0.111. The number of aliphatic carboxylic acids is 1. The zero-order valence-electron chi connectivity index (χ0n) is 13.7. The van der Waals surface area contributed by atoms with E-state index in [0.717, 1.165) is 16.6 Å². The lowest BCUT2D eigenvalue weighted by molar-refractivity contribution is -0.136. The number of rotatable bonds is 4. The number of halogens is 1. The molecule has 0 aliphatic heterocycles. The van der Waals surface area contributed by atoms with Crippen LogP contribution in [-0.4, -0.2) is 31.2 Å². The molecule has 4 aromatic rings. The number of hydrogen-bond acceptors (Lipinski definition) is 5. The topological polar surface area (TPSA) is 94.0 Å². The third-order valence-corrected chi connectivity index (χ3v) is 4.37. The van der Waals surface area contributed by atoms with Crippen molar-refractivity contribution >= 4 is 28.5 Å². The maximum absolute atomic E-state index is 10.9. The van der Waals surface area contributed by atoms with Gasteiger partial charge in [0.2, 0.25) is 0 Å². The van der Waals surface area contributed by atoms with E-state index in [1.165, 1.54) is 0 Å². The molecule has 0 aliphatic rings. The first-order valence-electron chi connectivity index (χ1n) is 7.81. The van der Waals surface area contributed by atoms with E-state index >= 15 is 0 Å². The standard InChI is InChI=1S/C18H13ClN4O3/c1-10-16(9-17(24)25)20-22-23(10)13-6-7-15-14(8-13)18(26-21-15)11-2-4-12(19)5-3-11/h2-8H,9H2,1H3,(H,24,25). The minimum absolute atomic E-state index is 0.169. The van der Waals surface area contributed by atoms with Crippen LogP contribution in [0.25, 0.3) is 27.9 Å². The monoisotopic (exact) mass is 368 g/mol. The van der Waals surface area contributed by atoms with Crippen LogP contribution in [0, 0.1) is 6.92 Å². The van der Waals surface area contributed by atoms with Gasteiger partial charge in [-0.2, -0.15) is 0 Å². The predicted molar refractivity (Wildman–Crippen MR) is 95.4 cm³/mol. The lowest BCUT2D eigenvalue weighted by atomic mass is 10.1. The second-order valence-corrected chi connectivity index (χ2v) is 6.26. The number of aromatic nitrogens is 4. The lowest BCUT2D eigenvalue weighted by Crippen LogP contribution is -2.03. The summed E-state index contributed by atoms with van der Waals surface area (Å²) in [5, 5.41) is 22.6. The van der Waals surface area contributed by atoms with Crippen LogP contribution < -0.4 is 0 Å². The van der Waals surface area contributed by atoms with Gasteiger partial charge in [0.25, 0.3) is 0 Å². The van der Waals surface area contributed by atoms with Crippen molar-refractivity contribution in [3.05, 3.63) is 58.9 Å². The molecule has 0 saturated heterocycles. The molecule has 130 valence electrons. The SMILES string of the molecule is Cc1c(CC(=O)O)nnn1-c1ccc2noc(-c3ccc(Cl)cc3)c2c1. The Kier molecular flexibility index (Phi) is 3.93. The number of nitrogens with zero attached hydrogens (tertiary/aromatic N) is 4. The van der Waals surface area contributed by atoms with Crippen LogP contribution >= 0.6 is 11.6 Å². The number of benzene rings is 2. The van der Waals surface area contributed by atoms with Crippen molar-refractivity contribution in [2.24, 2.45) is 0 Å². The third-order valence-electron chi connectivity index (χ3n) is 4.12. The fourth-order valence-corrected chi connectivity index (χ4v) is 2.91. The largest absolute Gasteiger partial charge is 0.481 e. The summed E-state index contributed by atoms with van der Waals surface area (Å²) in [7, 11) is 0. The molecule has 2 aromatic carbocycles. The third kappa shape index (κ3) is 2.82. The summed E-state index contributed by atoms with van der Waals surface area (Å²) >= 11 is 5.95. The quantitative estimate of drug-likeness (QED) is 0.590. The summed E-state index contributed by atoms with van der Waals surface area (Å²) in [6, 6.07) is 12.8. The molecule has 4 rings (SSSR count). The van der Waals surface area contributed by atoms with Crippen LogP contribution in [0.15, 0.2) is 47.0 Å². The van der Waals surface area contributed by atoms with E-state index < -0.39 is 5.97 Å². The Labute approximate surface area is 152 Å². The van der Waals surface area contributed by atoms with E-state index in [1.807, 2.05) is 30.3 Å². The Morgan fingerprint density at radius 3 is 2.73 bits per heavy atom. The number of carbonyl (C=O) groups is 1. The minimum atomic E-state index is -0.945. The summed E-state index contributed by atoms with van der Waals surface area (Å²) in [6.07, 6.45) is -0.169. The Morgan fingerprint density at radius 2 is 2.00 bits per heavy atom. The van der Waals surface area contributed by atoms with Crippen molar-refractivity contribution < 1.29 is 14.4 Å². The number of hydrogen-bond donors (Lipinski definition) is 1. The van der Waals surface area contributed by atoms with Gasteiger partial charge in [0, 0.05) is 10.6 Å². The Balaban J connectivity index is 1.81. The molecule has 26 heavy (non-hydrogen) atoms. The van der Waals surface area contributed by atoms with Gasteiger partial charge in [-0.1, -0.05) is 22.0 Å². The number of carboxylic acids is 1. The van der Waals surface area contributed by atoms with Gasteiger partial charge in [-0.25, -0.2) is 4.68 Å². The van der Waals surface area contributed by atoms with Gasteiger partial charge >= 0.3 is 5.97 Å². The van der Waals surface area contributed by atoms with Crippen molar-refractivity contribution in [2.75, 3.05) is 0 Å². The molecule has 0 bridgehead atoms. The van der Waals surface area contributed by atoms with E-state index in [9.17, 15) is 4.79 Å². The van der Waals surface area contributed by atoms with Gasteiger partial charge in [0.05, 0.1) is 28.9 Å². The van der Waals surface area contributed by atoms with Gasteiger partial charge in [-0.15, -0.1) is 5.10 Å². The van der Waals surface area contributed by atoms with Crippen molar-refractivity contribution in [2.45, 2.75) is 13.3 Å². The first kappa shape index (κ1) is 16.3. The minimum Gasteiger partial charge on any atom is -0.481 e. The highest BCUT2D eigenvalue weighted by molar-refractivity contribution is 6.30. The maximum atomic E-state index is 10.9. The summed E-state index contributed by atoms with van der Waals surface area (Å²) in [4.78, 5) is 10.9. The zero-order valence-corrected chi connectivity index (χ0v) is 14.4. The highest BCUT2D eigenvalue weighted by Crippen LogP contribution is 2.31. The molecule has 2 aromatic heterocycles. The summed E-state index contributed by atoms with van der Waals surface area (Å²) in [5.41, 5.74) is 3.42. The molecule has 0 spiro atoms. The van der Waals surface area contributed by atoms with E-state index in [2.05, 4.69) is 15.5 Å². The molecule has 1 N–H and O–H groups in total. The number of fused-ring (bicyclic) bond motifs is 1. The van der Waals surface area contributed by atoms with Crippen molar-refractivity contribution in [3.63, 3.8) is 0 Å². The molecule has 0 fully saturated rings. The van der Waals surface area contributed by atoms with Crippen LogP contribution in [0.4, 0.5) is 0 Å². The van der Waals surface area contributed by atoms with E-state index in [4.69, 9.17) is 21.2 Å². The molecule has 2 heterocycles. The molecule has 0 aliphatic carbocycles. The van der Waals surface area contributed by atoms with Gasteiger partial charge in [-0.3, -0.25) is 4.79 Å². The highest BCUT2D eigenvalue weighted by Gasteiger charge is 2.16. The molecule has 8 heteroatoms. The van der Waals surface area contributed by atoms with Crippen molar-refractivity contribution in [1.29, 1.82) is 0 Å². The Hall–Kier alpha value is -3.19. The summed E-state index contributed by atoms with van der Waals surface area (Å²) in [5.74, 6) is -0.318. The molecule has 0 amide bonds. The first-order chi connectivity index (χ1) is 12.5. The van der Waals surface area contributed by atoms with Crippen LogP contribution in [0.2, 0.25) is 5.02 Å². The summed E-state index contributed by atoms with van der Waals surface area (Å²) < 4.78 is 7.11. The molecular formula is C18H13ClN4O3. The molecule has 0 saturated carbocycles. The van der Waals surface area contributed by atoms with E-state index in [1.54, 1.807) is 23.7 Å². The Morgan fingerprint density at radius 1 is 1.23 bits per heavy atom. The molecular weight excluding hydrogens is 356 g/mol. The van der Waals surface area contributed by atoms with Crippen LogP contribution in [-0.2, 0) is 11.2 Å². The van der Waals surface area contributed by atoms with E-state index in [-0.39, 0.29) is 6.42 Å². The zero-order chi connectivity index (χ0) is 18.3. The second-order valence-electron chi connectivity index (χ2n) is 5.82. The smallest absolute Gasteiger partial charge is 0.309 e. The average Bonchev–Trinajstić information content (AvgIpc) is 3.19. The van der Waals surface area contributed by atoms with Crippen LogP contribution in [0.3, 0.4) is 0 Å². The van der Waals surface area contributed by atoms with Gasteiger partial charge in [0.15, 0.2) is 5.76 Å². The normalized spacial score (nSPS) is 11.2. The lowest BCUT2D eigenvalue weighted by Gasteiger charge is -2.04. The van der Waals surface area contributed by atoms with Crippen molar-refractivity contribution in [3.8, 4) is 17.0 Å². The van der Waals surface area contributed by atoms with Crippen molar-refractivity contribution in [1.82, 2.24) is 20.2 Å². The second kappa shape index (κ2) is 6.27. The Bertz CT molecular complexity index is 1120. The highest BCUT2D eigenvalue weighted by atomic mass is 35.5. The predicted octanol–water partition coefficient (Wildman–Crippen LogP) is 3.66. The van der Waals surface area contributed by atoms with Gasteiger partial charge in [0.1, 0.15) is 5.52 Å².